The van der Waals surface area contributed by atoms with Crippen molar-refractivity contribution in [3.05, 3.63) is 0 Å². The van der Waals surface area contributed by atoms with Gasteiger partial charge in [0, 0.05) is 6.04 Å². The van der Waals surface area contributed by atoms with Gasteiger partial charge in [-0.05, 0) is 52.4 Å². The van der Waals surface area contributed by atoms with Crippen molar-refractivity contribution < 1.29 is 5.11 Å². The molecule has 2 N–H and O–H groups in total. The molecular formula is C13H28N2O. The van der Waals surface area contributed by atoms with Crippen LogP contribution in [0.1, 0.15) is 45.4 Å². The lowest BCUT2D eigenvalue weighted by Crippen LogP contribution is -2.44. The average Bonchev–Trinajstić information content (AvgIpc) is 2.29. The molecule has 0 aromatic rings. The van der Waals surface area contributed by atoms with Crippen LogP contribution in [0, 0.1) is 0 Å². The third kappa shape index (κ3) is 4.81. The number of nitrogens with zero attached hydrogens (tertiary/aromatic N) is 1. The number of nitrogens with one attached hydrogen (secondary N) is 1. The van der Waals surface area contributed by atoms with Crippen LogP contribution in [0.2, 0.25) is 0 Å². The van der Waals surface area contributed by atoms with Crippen molar-refractivity contribution in [2.24, 2.45) is 0 Å². The predicted molar refractivity (Wildman–Crippen MR) is 68.7 cm³/mol. The van der Waals surface area contributed by atoms with Gasteiger partial charge in [-0.15, -0.1) is 0 Å². The van der Waals surface area contributed by atoms with Crippen LogP contribution in [0.25, 0.3) is 0 Å². The Balaban J connectivity index is 2.10. The number of aliphatic hydroxyl groups excluding tert-OH is 1. The second-order valence-electron chi connectivity index (χ2n) is 5.00. The van der Waals surface area contributed by atoms with Crippen molar-refractivity contribution in [1.82, 2.24) is 10.2 Å². The molecular weight excluding hydrogens is 200 g/mol. The van der Waals surface area contributed by atoms with E-state index in [0.717, 1.165) is 26.1 Å². The van der Waals surface area contributed by atoms with E-state index < -0.39 is 0 Å². The van der Waals surface area contributed by atoms with Crippen molar-refractivity contribution >= 4 is 0 Å². The highest BCUT2D eigenvalue weighted by Gasteiger charge is 2.25. The van der Waals surface area contributed by atoms with E-state index in [-0.39, 0.29) is 6.10 Å². The molecule has 0 amide bonds. The number of aliphatic hydroxyl groups is 1. The zero-order chi connectivity index (χ0) is 11.8. The van der Waals surface area contributed by atoms with Gasteiger partial charge in [0.2, 0.25) is 0 Å². The van der Waals surface area contributed by atoms with E-state index in [1.54, 1.807) is 0 Å². The standard InChI is InChI=1S/C13H28N2O/c1-3-9-14-10-6-11-15(2)12-7-4-5-8-13(12)16/h12-14,16H,3-11H2,1-2H3. The van der Waals surface area contributed by atoms with Crippen LogP contribution < -0.4 is 5.32 Å². The minimum absolute atomic E-state index is 0.0950. The van der Waals surface area contributed by atoms with Crippen molar-refractivity contribution in [1.29, 1.82) is 0 Å². The first kappa shape index (κ1) is 13.9. The van der Waals surface area contributed by atoms with E-state index in [1.165, 1.54) is 32.1 Å². The lowest BCUT2D eigenvalue weighted by atomic mass is 9.91. The van der Waals surface area contributed by atoms with Crippen LogP contribution in [0.4, 0.5) is 0 Å². The smallest absolute Gasteiger partial charge is 0.0695 e. The van der Waals surface area contributed by atoms with E-state index in [9.17, 15) is 5.11 Å². The molecule has 3 nitrogen and oxygen atoms in total. The lowest BCUT2D eigenvalue weighted by molar-refractivity contribution is 0.0319. The van der Waals surface area contributed by atoms with Gasteiger partial charge in [0.1, 0.15) is 0 Å². The minimum Gasteiger partial charge on any atom is -0.391 e. The summed E-state index contributed by atoms with van der Waals surface area (Å²) in [7, 11) is 2.15. The van der Waals surface area contributed by atoms with Crippen LogP contribution in [0.15, 0.2) is 0 Å². The third-order valence-corrected chi connectivity index (χ3v) is 3.55. The van der Waals surface area contributed by atoms with Gasteiger partial charge in [-0.2, -0.15) is 0 Å². The summed E-state index contributed by atoms with van der Waals surface area (Å²) in [4.78, 5) is 2.34. The summed E-state index contributed by atoms with van der Waals surface area (Å²) < 4.78 is 0. The zero-order valence-corrected chi connectivity index (χ0v) is 10.9. The Hall–Kier alpha value is -0.120. The molecule has 1 saturated carbocycles. The van der Waals surface area contributed by atoms with Gasteiger partial charge >= 0.3 is 0 Å². The van der Waals surface area contributed by atoms with Gasteiger partial charge in [-0.25, -0.2) is 0 Å². The molecule has 96 valence electrons. The Morgan fingerprint density at radius 2 is 2.00 bits per heavy atom. The summed E-state index contributed by atoms with van der Waals surface area (Å²) in [6.07, 6.45) is 6.92. The average molecular weight is 228 g/mol. The SMILES string of the molecule is CCCNCCCN(C)C1CCCCC1O. The molecule has 0 aromatic heterocycles. The van der Waals surface area contributed by atoms with Crippen molar-refractivity contribution in [3.63, 3.8) is 0 Å². The highest BCUT2D eigenvalue weighted by atomic mass is 16.3. The van der Waals surface area contributed by atoms with Crippen molar-refractivity contribution in [2.75, 3.05) is 26.7 Å². The molecule has 0 radical (unpaired) electrons. The number of hydrogen-bond acceptors (Lipinski definition) is 3. The predicted octanol–water partition coefficient (Wildman–Crippen LogP) is 1.61. The van der Waals surface area contributed by atoms with Crippen LogP contribution in [-0.4, -0.2) is 48.8 Å². The number of hydrogen-bond donors (Lipinski definition) is 2. The molecule has 0 spiro atoms. The van der Waals surface area contributed by atoms with Crippen molar-refractivity contribution in [3.8, 4) is 0 Å². The molecule has 2 atom stereocenters. The summed E-state index contributed by atoms with van der Waals surface area (Å²) in [5, 5.41) is 13.3. The molecule has 1 aliphatic rings. The highest BCUT2D eigenvalue weighted by molar-refractivity contribution is 4.81. The monoisotopic (exact) mass is 228 g/mol. The lowest BCUT2D eigenvalue weighted by Gasteiger charge is -2.35. The summed E-state index contributed by atoms with van der Waals surface area (Å²) in [5.41, 5.74) is 0. The maximum atomic E-state index is 9.92. The first-order chi connectivity index (χ1) is 7.75. The van der Waals surface area contributed by atoms with Crippen LogP contribution >= 0.6 is 0 Å². The van der Waals surface area contributed by atoms with Crippen LogP contribution in [0.3, 0.4) is 0 Å². The quantitative estimate of drug-likeness (QED) is 0.650. The first-order valence-electron chi connectivity index (χ1n) is 6.84. The molecule has 1 aliphatic carbocycles. The third-order valence-electron chi connectivity index (χ3n) is 3.55. The van der Waals surface area contributed by atoms with Crippen molar-refractivity contribution in [2.45, 2.75) is 57.6 Å². The molecule has 0 aromatic carbocycles. The fourth-order valence-corrected chi connectivity index (χ4v) is 2.53. The molecule has 0 heterocycles. The molecule has 3 heteroatoms. The van der Waals surface area contributed by atoms with Gasteiger partial charge in [-0.3, -0.25) is 0 Å². The van der Waals surface area contributed by atoms with E-state index in [0.29, 0.717) is 6.04 Å². The van der Waals surface area contributed by atoms with Crippen LogP contribution in [0.5, 0.6) is 0 Å². The minimum atomic E-state index is -0.0950. The molecule has 2 unspecified atom stereocenters. The summed E-state index contributed by atoms with van der Waals surface area (Å²) in [6, 6.07) is 0.403. The first-order valence-corrected chi connectivity index (χ1v) is 6.84. The summed E-state index contributed by atoms with van der Waals surface area (Å²) >= 11 is 0. The Kier molecular flexibility index (Phi) is 7.01. The zero-order valence-electron chi connectivity index (χ0n) is 10.9. The van der Waals surface area contributed by atoms with Gasteiger partial charge in [0.15, 0.2) is 0 Å². The maximum Gasteiger partial charge on any atom is 0.0695 e. The van der Waals surface area contributed by atoms with Gasteiger partial charge < -0.3 is 15.3 Å². The fraction of sp³-hybridized carbons (Fsp3) is 1.00. The molecule has 16 heavy (non-hydrogen) atoms. The normalized spacial score (nSPS) is 26.2. The summed E-state index contributed by atoms with van der Waals surface area (Å²) in [6.45, 7) is 5.51. The maximum absolute atomic E-state index is 9.92. The number of likely N-dealkylation sites (N-methyl/N-ethyl adjacent to an activating group) is 1. The molecule has 0 bridgehead atoms. The second kappa shape index (κ2) is 8.04. The van der Waals surface area contributed by atoms with Gasteiger partial charge in [0.05, 0.1) is 6.10 Å². The van der Waals surface area contributed by atoms with E-state index in [2.05, 4.69) is 24.2 Å². The Morgan fingerprint density at radius 1 is 1.25 bits per heavy atom. The summed E-state index contributed by atoms with van der Waals surface area (Å²) in [5.74, 6) is 0. The molecule has 0 aliphatic heterocycles. The van der Waals surface area contributed by atoms with E-state index in [1.807, 2.05) is 0 Å². The molecule has 1 rings (SSSR count). The Bertz CT molecular complexity index is 175. The Labute approximate surface area is 100 Å². The number of rotatable bonds is 7. The highest BCUT2D eigenvalue weighted by Crippen LogP contribution is 2.22. The molecule has 1 fully saturated rings. The topological polar surface area (TPSA) is 35.5 Å². The fourth-order valence-electron chi connectivity index (χ4n) is 2.53. The van der Waals surface area contributed by atoms with Crippen LogP contribution in [-0.2, 0) is 0 Å². The van der Waals surface area contributed by atoms with E-state index >= 15 is 0 Å². The largest absolute Gasteiger partial charge is 0.391 e. The molecule has 0 saturated heterocycles. The van der Waals surface area contributed by atoms with Gasteiger partial charge in [0.25, 0.3) is 0 Å². The van der Waals surface area contributed by atoms with Gasteiger partial charge in [-0.1, -0.05) is 19.8 Å². The Morgan fingerprint density at radius 3 is 2.69 bits per heavy atom. The van der Waals surface area contributed by atoms with E-state index in [4.69, 9.17) is 0 Å². The second-order valence-corrected chi connectivity index (χ2v) is 5.00.